The monoisotopic (exact) mass is 584 g/mol. The van der Waals surface area contributed by atoms with Crippen molar-refractivity contribution < 1.29 is 38.0 Å². The summed E-state index contributed by atoms with van der Waals surface area (Å²) >= 11 is 7.12. The molecule has 38 heavy (non-hydrogen) atoms. The van der Waals surface area contributed by atoms with Gasteiger partial charge in [0.25, 0.3) is 0 Å². The van der Waals surface area contributed by atoms with E-state index < -0.39 is 13.9 Å². The van der Waals surface area contributed by atoms with Crippen LogP contribution in [-0.4, -0.2) is 71.2 Å². The molecule has 1 atom stereocenters. The fourth-order valence-electron chi connectivity index (χ4n) is 3.94. The molecule has 2 amide bonds. The number of carbonyl (C=O) groups is 3. The van der Waals surface area contributed by atoms with Gasteiger partial charge in [0.05, 0.1) is 34.6 Å². The topological polar surface area (TPSA) is 149 Å². The molecule has 0 unspecified atom stereocenters. The zero-order chi connectivity index (χ0) is 27.3. The van der Waals surface area contributed by atoms with E-state index in [0.717, 1.165) is 5.69 Å². The molecule has 0 spiro atoms. The van der Waals surface area contributed by atoms with Crippen molar-refractivity contribution in [3.05, 3.63) is 45.6 Å². The van der Waals surface area contributed by atoms with Gasteiger partial charge in [-0.2, -0.15) is 5.10 Å². The number of Topliss-reactive ketones (excluding diaryl/α,β-unsaturated/α-hetero) is 1. The van der Waals surface area contributed by atoms with Crippen LogP contribution in [0.1, 0.15) is 35.4 Å². The Labute approximate surface area is 227 Å². The first-order valence-corrected chi connectivity index (χ1v) is 14.5. The third-order valence-corrected chi connectivity index (χ3v) is 7.66. The van der Waals surface area contributed by atoms with Gasteiger partial charge in [0, 0.05) is 25.1 Å². The predicted molar refractivity (Wildman–Crippen MR) is 142 cm³/mol. The largest absolute Gasteiger partial charge is 0.469 e. The van der Waals surface area contributed by atoms with Crippen LogP contribution in [0.2, 0.25) is 4.34 Å². The Morgan fingerprint density at radius 2 is 1.87 bits per heavy atom. The molecule has 2 aromatic rings. The fourth-order valence-corrected chi connectivity index (χ4v) is 5.32. The third kappa shape index (κ3) is 7.62. The summed E-state index contributed by atoms with van der Waals surface area (Å²) in [6.45, 7) is 0.958. The SMILES string of the molecule is O=C(CC[C@H]1CN(c2ccc(N3CCN(C(=O)CCCOP(=O)(O)O)C=N3)cc2)C(=O)O1)c1ccc(Cl)s1. The average Bonchev–Trinajstić information content (AvgIpc) is 3.50. The minimum Gasteiger partial charge on any atom is -0.444 e. The number of hydrazone groups is 1. The molecule has 0 radical (unpaired) electrons. The number of phosphoric ester groups is 1. The van der Waals surface area contributed by atoms with Crippen LogP contribution >= 0.6 is 30.8 Å². The Morgan fingerprint density at radius 3 is 2.50 bits per heavy atom. The lowest BCUT2D eigenvalue weighted by molar-refractivity contribution is -0.127. The van der Waals surface area contributed by atoms with E-state index in [9.17, 15) is 18.9 Å². The highest BCUT2D eigenvalue weighted by atomic mass is 35.5. The highest BCUT2D eigenvalue weighted by Gasteiger charge is 2.32. The highest BCUT2D eigenvalue weighted by Crippen LogP contribution is 2.35. The average molecular weight is 585 g/mol. The van der Waals surface area contributed by atoms with Crippen molar-refractivity contribution in [3.8, 4) is 0 Å². The molecule has 2 aliphatic rings. The summed E-state index contributed by atoms with van der Waals surface area (Å²) in [4.78, 5) is 57.9. The number of amides is 2. The Hall–Kier alpha value is -2.80. The number of ketones is 1. The second-order valence-corrected chi connectivity index (χ2v) is 11.5. The number of rotatable bonds is 11. The van der Waals surface area contributed by atoms with Crippen LogP contribution in [0.4, 0.5) is 16.2 Å². The van der Waals surface area contributed by atoms with E-state index in [-0.39, 0.29) is 43.7 Å². The number of thiophene rings is 1. The van der Waals surface area contributed by atoms with Crippen molar-refractivity contribution in [1.29, 1.82) is 0 Å². The second-order valence-electron chi connectivity index (χ2n) is 8.57. The molecule has 0 bridgehead atoms. The maximum Gasteiger partial charge on any atom is 0.469 e. The van der Waals surface area contributed by atoms with Crippen LogP contribution in [0, 0.1) is 0 Å². The zero-order valence-electron chi connectivity index (χ0n) is 20.1. The molecule has 2 aliphatic heterocycles. The van der Waals surface area contributed by atoms with Gasteiger partial charge in [0.1, 0.15) is 12.4 Å². The van der Waals surface area contributed by atoms with Crippen LogP contribution in [-0.2, 0) is 18.6 Å². The highest BCUT2D eigenvalue weighted by molar-refractivity contribution is 7.46. The normalized spacial score (nSPS) is 17.7. The van der Waals surface area contributed by atoms with Gasteiger partial charge in [-0.25, -0.2) is 9.36 Å². The van der Waals surface area contributed by atoms with E-state index in [4.69, 9.17) is 26.1 Å². The van der Waals surface area contributed by atoms with Crippen LogP contribution in [0.3, 0.4) is 0 Å². The van der Waals surface area contributed by atoms with Gasteiger partial charge in [-0.1, -0.05) is 11.6 Å². The van der Waals surface area contributed by atoms with E-state index in [0.29, 0.717) is 41.0 Å². The number of cyclic esters (lactones) is 1. The van der Waals surface area contributed by atoms with Gasteiger partial charge in [-0.05, 0) is 49.2 Å². The lowest BCUT2D eigenvalue weighted by Gasteiger charge is -2.29. The van der Waals surface area contributed by atoms with Crippen LogP contribution in [0.25, 0.3) is 0 Å². The number of phosphoric acid groups is 1. The van der Waals surface area contributed by atoms with Crippen molar-refractivity contribution in [3.63, 3.8) is 0 Å². The molecule has 1 saturated heterocycles. The Balaban J connectivity index is 1.25. The predicted octanol–water partition coefficient (Wildman–Crippen LogP) is 3.87. The van der Waals surface area contributed by atoms with E-state index in [1.807, 2.05) is 12.1 Å². The molecule has 0 saturated carbocycles. The second kappa shape index (κ2) is 12.4. The van der Waals surface area contributed by atoms with Gasteiger partial charge in [-0.15, -0.1) is 11.3 Å². The number of ether oxygens (including phenoxy) is 1. The molecular weight excluding hydrogens is 559 g/mol. The summed E-state index contributed by atoms with van der Waals surface area (Å²) in [6.07, 6.45) is 1.49. The van der Waals surface area contributed by atoms with Gasteiger partial charge in [0.15, 0.2) is 5.78 Å². The molecule has 15 heteroatoms. The number of hydrogen-bond donors (Lipinski definition) is 2. The number of benzene rings is 1. The minimum absolute atomic E-state index is 0.0305. The lowest BCUT2D eigenvalue weighted by atomic mass is 10.1. The van der Waals surface area contributed by atoms with Crippen molar-refractivity contribution in [2.45, 2.75) is 31.8 Å². The van der Waals surface area contributed by atoms with E-state index in [2.05, 4.69) is 9.63 Å². The number of carbonyl (C=O) groups excluding carboxylic acids is 3. The Bertz CT molecular complexity index is 1250. The molecule has 3 heterocycles. The van der Waals surface area contributed by atoms with Crippen LogP contribution in [0.5, 0.6) is 0 Å². The number of hydrogen-bond acceptors (Lipinski definition) is 9. The Morgan fingerprint density at radius 1 is 1.13 bits per heavy atom. The summed E-state index contributed by atoms with van der Waals surface area (Å²) in [6, 6.07) is 10.6. The van der Waals surface area contributed by atoms with Gasteiger partial charge < -0.3 is 14.5 Å². The molecular formula is C23H26ClN4O8PS. The maximum atomic E-state index is 12.4. The van der Waals surface area contributed by atoms with Gasteiger partial charge in [-0.3, -0.25) is 28.9 Å². The summed E-state index contributed by atoms with van der Waals surface area (Å²) in [7, 11) is -4.54. The van der Waals surface area contributed by atoms with Crippen molar-refractivity contribution in [1.82, 2.24) is 4.90 Å². The fraction of sp³-hybridized carbons (Fsp3) is 0.391. The quantitative estimate of drug-likeness (QED) is 0.228. The van der Waals surface area contributed by atoms with E-state index >= 15 is 0 Å². The summed E-state index contributed by atoms with van der Waals surface area (Å²) < 4.78 is 21.0. The van der Waals surface area contributed by atoms with Crippen molar-refractivity contribution in [2.75, 3.05) is 36.1 Å². The van der Waals surface area contributed by atoms with Crippen molar-refractivity contribution >= 4 is 66.3 Å². The first kappa shape index (κ1) is 28.2. The molecule has 204 valence electrons. The molecule has 12 nitrogen and oxygen atoms in total. The lowest BCUT2D eigenvalue weighted by Crippen LogP contribution is -2.41. The van der Waals surface area contributed by atoms with Crippen LogP contribution in [0.15, 0.2) is 41.5 Å². The first-order valence-electron chi connectivity index (χ1n) is 11.8. The maximum absolute atomic E-state index is 12.4. The standard InChI is InChI=1S/C23H26ClN4O8PS/c24-21-10-9-20(38-21)19(29)8-7-18-14-27(23(31)36-18)16-3-5-17(6-4-16)28-12-11-26(15-25-28)22(30)2-1-13-35-37(32,33)34/h3-6,9-10,15,18H,1-2,7-8,11-14H2,(H2,32,33,34)/t18-/m0/s1. The van der Waals surface area contributed by atoms with Gasteiger partial charge in [0.2, 0.25) is 5.91 Å². The Kier molecular flexibility index (Phi) is 9.19. The van der Waals surface area contributed by atoms with Gasteiger partial charge >= 0.3 is 13.9 Å². The smallest absolute Gasteiger partial charge is 0.444 e. The molecule has 1 aromatic carbocycles. The van der Waals surface area contributed by atoms with E-state index in [1.54, 1.807) is 29.3 Å². The summed E-state index contributed by atoms with van der Waals surface area (Å²) in [5, 5.41) is 6.02. The van der Waals surface area contributed by atoms with Crippen LogP contribution < -0.4 is 9.91 Å². The zero-order valence-corrected chi connectivity index (χ0v) is 22.6. The number of halogens is 1. The number of nitrogens with zero attached hydrogens (tertiary/aromatic N) is 4. The molecule has 4 rings (SSSR count). The van der Waals surface area contributed by atoms with E-state index in [1.165, 1.54) is 27.5 Å². The number of anilines is 2. The molecule has 1 aromatic heterocycles. The molecule has 0 aliphatic carbocycles. The molecule has 2 N–H and O–H groups in total. The summed E-state index contributed by atoms with van der Waals surface area (Å²) in [5.74, 6) is -0.252. The third-order valence-electron chi connectivity index (χ3n) is 5.87. The summed E-state index contributed by atoms with van der Waals surface area (Å²) in [5.41, 5.74) is 1.43. The minimum atomic E-state index is -4.54. The molecule has 1 fully saturated rings. The first-order chi connectivity index (χ1) is 18.1. The van der Waals surface area contributed by atoms with Crippen molar-refractivity contribution in [2.24, 2.45) is 5.10 Å².